The summed E-state index contributed by atoms with van der Waals surface area (Å²) < 4.78 is 14.6. The van der Waals surface area contributed by atoms with Crippen molar-refractivity contribution in [3.05, 3.63) is 92.6 Å². The van der Waals surface area contributed by atoms with Crippen LogP contribution in [0, 0.1) is 0 Å². The first kappa shape index (κ1) is 42.7. The molecule has 2 saturated heterocycles. The van der Waals surface area contributed by atoms with Crippen LogP contribution in [0.3, 0.4) is 0 Å². The topological polar surface area (TPSA) is 152 Å². The number of likely N-dealkylation sites (tertiary alicyclic amines) is 1. The summed E-state index contributed by atoms with van der Waals surface area (Å²) in [5, 5.41) is 12.1. The van der Waals surface area contributed by atoms with Crippen LogP contribution in [0.1, 0.15) is 64.8 Å². The average molecular weight is 858 g/mol. The number of carbonyl (C=O) groups is 3. The van der Waals surface area contributed by atoms with E-state index in [9.17, 15) is 19.2 Å². The maximum absolute atomic E-state index is 13.6. The summed E-state index contributed by atoms with van der Waals surface area (Å²) in [6.45, 7) is 9.24. The number of nitrogens with zero attached hydrogens (tertiary/aromatic N) is 6. The first-order valence-electron chi connectivity index (χ1n) is 20.1. The van der Waals surface area contributed by atoms with Crippen molar-refractivity contribution in [2.24, 2.45) is 7.05 Å². The zero-order chi connectivity index (χ0) is 42.9. The van der Waals surface area contributed by atoms with Crippen LogP contribution < -0.4 is 20.9 Å². The number of aromatic nitrogens is 4. The Balaban J connectivity index is 1.13. The molecule has 3 amide bonds. The van der Waals surface area contributed by atoms with Crippen molar-refractivity contribution < 1.29 is 23.9 Å². The number of benzene rings is 2. The minimum atomic E-state index is -0.712. The van der Waals surface area contributed by atoms with E-state index in [-0.39, 0.29) is 42.5 Å². The Morgan fingerprint density at radius 2 is 1.63 bits per heavy atom. The Morgan fingerprint density at radius 3 is 2.27 bits per heavy atom. The number of fused-ring (bicyclic) bond motifs is 1. The maximum atomic E-state index is 13.6. The van der Waals surface area contributed by atoms with E-state index in [1.54, 1.807) is 40.2 Å². The lowest BCUT2D eigenvalue weighted by atomic mass is 9.97. The van der Waals surface area contributed by atoms with Gasteiger partial charge in [-0.25, -0.2) is 14.3 Å². The Hall–Kier alpha value is -5.44. The molecule has 0 saturated carbocycles. The second-order valence-electron chi connectivity index (χ2n) is 16.4. The molecule has 0 spiro atoms. The first-order chi connectivity index (χ1) is 28.6. The molecule has 2 N–H and O–H groups in total. The van der Waals surface area contributed by atoms with Crippen molar-refractivity contribution in [2.75, 3.05) is 26.7 Å². The number of methoxy groups -OCH3 is 1. The van der Waals surface area contributed by atoms with E-state index >= 15 is 0 Å². The molecule has 2 aromatic carbocycles. The van der Waals surface area contributed by atoms with Gasteiger partial charge in [-0.05, 0) is 58.2 Å². The fourth-order valence-corrected chi connectivity index (χ4v) is 8.40. The number of pyridine rings is 1. The largest absolute Gasteiger partial charge is 0.481 e. The van der Waals surface area contributed by atoms with Gasteiger partial charge in [-0.15, -0.1) is 0 Å². The normalized spacial score (nSPS) is 16.0. The maximum Gasteiger partial charge on any atom is 0.410 e. The molecule has 316 valence electrons. The van der Waals surface area contributed by atoms with Crippen molar-refractivity contribution in [1.29, 1.82) is 0 Å². The number of hydrogen-bond donors (Lipinski definition) is 2. The highest BCUT2D eigenvalue weighted by atomic mass is 35.5. The fourth-order valence-electron chi connectivity index (χ4n) is 7.74. The molecule has 0 radical (unpaired) electrons. The summed E-state index contributed by atoms with van der Waals surface area (Å²) in [7, 11) is 3.24. The lowest BCUT2D eigenvalue weighted by molar-refractivity contribution is -0.130. The molecule has 14 nitrogen and oxygen atoms in total. The molecule has 2 aliphatic heterocycles. The summed E-state index contributed by atoms with van der Waals surface area (Å²) in [6.07, 6.45) is 4.01. The van der Waals surface area contributed by atoms with Gasteiger partial charge in [0.05, 0.1) is 35.9 Å². The van der Waals surface area contributed by atoms with Crippen LogP contribution in [0.5, 0.6) is 5.88 Å². The molecule has 0 bridgehead atoms. The summed E-state index contributed by atoms with van der Waals surface area (Å²) in [6, 6.07) is 16.8. The van der Waals surface area contributed by atoms with E-state index in [1.165, 1.54) is 7.11 Å². The fraction of sp³-hybridized carbons (Fsp3) is 0.409. The van der Waals surface area contributed by atoms with E-state index in [2.05, 4.69) is 10.6 Å². The van der Waals surface area contributed by atoms with Gasteiger partial charge >= 0.3 is 6.09 Å². The molecule has 2 fully saturated rings. The van der Waals surface area contributed by atoms with Crippen LogP contribution in [0.15, 0.2) is 65.6 Å². The average Bonchev–Trinajstić information content (AvgIpc) is 3.84. The number of amides is 3. The Kier molecular flexibility index (Phi) is 12.6. The number of nitrogens with one attached hydrogen (secondary N) is 2. The summed E-state index contributed by atoms with van der Waals surface area (Å²) in [5.41, 5.74) is 4.16. The standard InChI is InChI=1S/C44H50Cl2N8O6/c1-26(55)52-19-17-29(18-20-52)47-22-37-50-54-24-28(21-36(54)42(57)51(37)5)31-9-7-10-32(39(31)45)33-11-8-12-34(40(33)46)35-15-13-27(41(49-35)59-6)23-53(43(58)60-44(2,3)4)25-30-14-16-38(56)48-30/h7-13,15,21,24,29-30,47H,14,16-20,22-23,25H2,1-6H3,(H,48,56). The number of halogens is 2. The molecule has 5 heterocycles. The van der Waals surface area contributed by atoms with E-state index in [0.29, 0.717) is 93.3 Å². The highest BCUT2D eigenvalue weighted by Gasteiger charge is 2.30. The van der Waals surface area contributed by atoms with Crippen LogP contribution in [0.25, 0.3) is 39.0 Å². The molecule has 16 heteroatoms. The Labute approximate surface area is 358 Å². The van der Waals surface area contributed by atoms with E-state index in [0.717, 1.165) is 18.4 Å². The molecule has 1 unspecified atom stereocenters. The zero-order valence-corrected chi connectivity index (χ0v) is 36.2. The monoisotopic (exact) mass is 856 g/mol. The SMILES string of the molecule is COc1nc(-c2cccc(-c3cccc(-c4cc5c(=O)n(C)c(CNC6CCN(C(C)=O)CC6)nn5c4)c3Cl)c2Cl)ccc1CN(CC1CCC(=O)N1)C(=O)OC(C)(C)C. The van der Waals surface area contributed by atoms with Crippen molar-refractivity contribution in [3.63, 3.8) is 0 Å². The number of carbonyl (C=O) groups excluding carboxylic acids is 3. The quantitative estimate of drug-likeness (QED) is 0.145. The van der Waals surface area contributed by atoms with E-state index < -0.39 is 11.7 Å². The van der Waals surface area contributed by atoms with Gasteiger partial charge in [0.1, 0.15) is 16.9 Å². The molecule has 5 aromatic rings. The van der Waals surface area contributed by atoms with Gasteiger partial charge in [-0.2, -0.15) is 5.10 Å². The van der Waals surface area contributed by atoms with Gasteiger partial charge in [0.2, 0.25) is 17.7 Å². The molecular weight excluding hydrogens is 807 g/mol. The smallest absolute Gasteiger partial charge is 0.410 e. The van der Waals surface area contributed by atoms with Gasteiger partial charge in [0.25, 0.3) is 5.56 Å². The number of hydrogen-bond acceptors (Lipinski definition) is 9. The zero-order valence-electron chi connectivity index (χ0n) is 34.7. The Bertz CT molecular complexity index is 2500. The molecule has 3 aromatic heterocycles. The summed E-state index contributed by atoms with van der Waals surface area (Å²) >= 11 is 14.4. The third-order valence-electron chi connectivity index (χ3n) is 11.0. The number of rotatable bonds is 11. The number of ether oxygens (including phenoxy) is 2. The van der Waals surface area contributed by atoms with Gasteiger partial charge < -0.3 is 29.9 Å². The third-order valence-corrected chi connectivity index (χ3v) is 11.8. The second-order valence-corrected chi connectivity index (χ2v) is 17.1. The van der Waals surface area contributed by atoms with Crippen LogP contribution in [-0.4, -0.2) is 91.3 Å². The highest BCUT2D eigenvalue weighted by Crippen LogP contribution is 2.42. The third kappa shape index (κ3) is 9.30. The summed E-state index contributed by atoms with van der Waals surface area (Å²) in [5.74, 6) is 0.948. The molecule has 1 atom stereocenters. The van der Waals surface area contributed by atoms with Gasteiger partial charge in [-0.3, -0.25) is 19.0 Å². The summed E-state index contributed by atoms with van der Waals surface area (Å²) in [4.78, 5) is 58.8. The minimum Gasteiger partial charge on any atom is -0.481 e. The lowest BCUT2D eigenvalue weighted by Crippen LogP contribution is -2.44. The van der Waals surface area contributed by atoms with Crippen LogP contribution in [0.4, 0.5) is 4.79 Å². The second kappa shape index (κ2) is 17.6. The molecule has 0 aliphatic carbocycles. The minimum absolute atomic E-state index is 0.0405. The van der Waals surface area contributed by atoms with E-state index in [4.69, 9.17) is 42.8 Å². The van der Waals surface area contributed by atoms with Gasteiger partial charge in [0.15, 0.2) is 0 Å². The first-order valence-corrected chi connectivity index (χ1v) is 20.8. The van der Waals surface area contributed by atoms with Crippen molar-refractivity contribution in [1.82, 2.24) is 39.6 Å². The van der Waals surface area contributed by atoms with Crippen molar-refractivity contribution in [3.8, 4) is 39.4 Å². The number of piperidine rings is 1. The molecule has 60 heavy (non-hydrogen) atoms. The van der Waals surface area contributed by atoms with Gasteiger partial charge in [0, 0.05) is 91.7 Å². The van der Waals surface area contributed by atoms with Gasteiger partial charge in [-0.1, -0.05) is 59.6 Å². The highest BCUT2D eigenvalue weighted by molar-refractivity contribution is 6.39. The predicted molar refractivity (Wildman–Crippen MR) is 231 cm³/mol. The van der Waals surface area contributed by atoms with Crippen LogP contribution in [0.2, 0.25) is 10.0 Å². The Morgan fingerprint density at radius 1 is 0.967 bits per heavy atom. The van der Waals surface area contributed by atoms with Crippen molar-refractivity contribution >= 4 is 46.6 Å². The van der Waals surface area contributed by atoms with Crippen molar-refractivity contribution in [2.45, 2.75) is 84.2 Å². The lowest BCUT2D eigenvalue weighted by Gasteiger charge is -2.31. The molecule has 2 aliphatic rings. The van der Waals surface area contributed by atoms with E-state index in [1.807, 2.05) is 74.2 Å². The predicted octanol–water partition coefficient (Wildman–Crippen LogP) is 6.86. The molecular formula is C44H50Cl2N8O6. The van der Waals surface area contributed by atoms with Crippen LogP contribution >= 0.6 is 23.2 Å². The van der Waals surface area contributed by atoms with Crippen LogP contribution in [-0.2, 0) is 34.5 Å². The molecule has 7 rings (SSSR count).